The van der Waals surface area contributed by atoms with Crippen molar-refractivity contribution in [2.45, 2.75) is 19.1 Å². The SMILES string of the molecule is CN(C)CC(C)(O)CNCc1ccc([N+](=O)[O-])c(F)c1. The molecule has 0 aliphatic rings. The van der Waals surface area contributed by atoms with Crippen LogP contribution in [-0.2, 0) is 6.54 Å². The normalized spacial score (nSPS) is 14.3. The van der Waals surface area contributed by atoms with Crippen LogP contribution in [0.3, 0.4) is 0 Å². The minimum atomic E-state index is -0.900. The molecule has 1 aromatic carbocycles. The monoisotopic (exact) mass is 285 g/mol. The van der Waals surface area contributed by atoms with Gasteiger partial charge in [0.2, 0.25) is 5.82 Å². The molecule has 7 heteroatoms. The van der Waals surface area contributed by atoms with Crippen molar-refractivity contribution in [2.75, 3.05) is 27.2 Å². The predicted molar refractivity (Wildman–Crippen MR) is 73.9 cm³/mol. The van der Waals surface area contributed by atoms with Crippen LogP contribution in [0, 0.1) is 15.9 Å². The van der Waals surface area contributed by atoms with Crippen molar-refractivity contribution in [1.29, 1.82) is 0 Å². The van der Waals surface area contributed by atoms with Crippen LogP contribution in [0.25, 0.3) is 0 Å². The standard InChI is InChI=1S/C13H20FN3O3/c1-13(18,9-16(2)3)8-15-7-10-4-5-12(17(19)20)11(14)6-10/h4-6,15,18H,7-9H2,1-3H3. The fraction of sp³-hybridized carbons (Fsp3) is 0.538. The van der Waals surface area contributed by atoms with Crippen molar-refractivity contribution < 1.29 is 14.4 Å². The number of nitrogens with zero attached hydrogens (tertiary/aromatic N) is 2. The summed E-state index contributed by atoms with van der Waals surface area (Å²) in [6.07, 6.45) is 0. The Morgan fingerprint density at radius 3 is 2.65 bits per heavy atom. The number of nitro groups is 1. The number of halogens is 1. The van der Waals surface area contributed by atoms with Gasteiger partial charge in [-0.05, 0) is 32.6 Å². The first kappa shape index (κ1) is 16.5. The van der Waals surface area contributed by atoms with E-state index in [9.17, 15) is 19.6 Å². The van der Waals surface area contributed by atoms with Gasteiger partial charge < -0.3 is 15.3 Å². The molecule has 112 valence electrons. The minimum Gasteiger partial charge on any atom is -0.388 e. The molecule has 1 unspecified atom stereocenters. The lowest BCUT2D eigenvalue weighted by atomic mass is 10.1. The third kappa shape index (κ3) is 5.20. The molecule has 2 N–H and O–H groups in total. The zero-order valence-corrected chi connectivity index (χ0v) is 11.9. The zero-order valence-electron chi connectivity index (χ0n) is 11.9. The molecule has 0 bridgehead atoms. The zero-order chi connectivity index (χ0) is 15.3. The molecule has 1 atom stereocenters. The molecule has 0 aliphatic heterocycles. The van der Waals surface area contributed by atoms with Gasteiger partial charge in [0.15, 0.2) is 0 Å². The topological polar surface area (TPSA) is 78.6 Å². The second-order valence-corrected chi connectivity index (χ2v) is 5.38. The molecule has 0 amide bonds. The first-order valence-corrected chi connectivity index (χ1v) is 6.22. The molecule has 0 spiro atoms. The number of nitrogens with one attached hydrogen (secondary N) is 1. The predicted octanol–water partition coefficient (Wildman–Crippen LogP) is 1.14. The molecule has 6 nitrogen and oxygen atoms in total. The number of rotatable bonds is 7. The van der Waals surface area contributed by atoms with Crippen molar-refractivity contribution in [3.8, 4) is 0 Å². The summed E-state index contributed by atoms with van der Waals surface area (Å²) in [5.74, 6) is -0.852. The maximum atomic E-state index is 13.4. The summed E-state index contributed by atoms with van der Waals surface area (Å²) in [6, 6.07) is 3.77. The second-order valence-electron chi connectivity index (χ2n) is 5.38. The Morgan fingerprint density at radius 1 is 1.50 bits per heavy atom. The van der Waals surface area contributed by atoms with Crippen LogP contribution in [0.4, 0.5) is 10.1 Å². The van der Waals surface area contributed by atoms with E-state index in [2.05, 4.69) is 5.32 Å². The molecule has 0 saturated heterocycles. The van der Waals surface area contributed by atoms with Crippen LogP contribution >= 0.6 is 0 Å². The van der Waals surface area contributed by atoms with Gasteiger partial charge in [-0.15, -0.1) is 0 Å². The molecule has 1 aromatic rings. The van der Waals surface area contributed by atoms with Gasteiger partial charge in [-0.2, -0.15) is 4.39 Å². The van der Waals surface area contributed by atoms with E-state index < -0.39 is 22.0 Å². The number of benzene rings is 1. The van der Waals surface area contributed by atoms with Crippen LogP contribution in [0.5, 0.6) is 0 Å². The molecular weight excluding hydrogens is 265 g/mol. The van der Waals surface area contributed by atoms with E-state index in [1.807, 2.05) is 19.0 Å². The maximum Gasteiger partial charge on any atom is 0.304 e. The van der Waals surface area contributed by atoms with Gasteiger partial charge in [0, 0.05) is 25.7 Å². The van der Waals surface area contributed by atoms with E-state index in [1.54, 1.807) is 6.92 Å². The summed E-state index contributed by atoms with van der Waals surface area (Å²) in [6.45, 7) is 2.87. The van der Waals surface area contributed by atoms with Crippen LogP contribution in [0.15, 0.2) is 18.2 Å². The van der Waals surface area contributed by atoms with Gasteiger partial charge in [-0.3, -0.25) is 10.1 Å². The van der Waals surface area contributed by atoms with Crippen LogP contribution in [-0.4, -0.2) is 47.7 Å². The first-order chi connectivity index (χ1) is 9.21. The average molecular weight is 285 g/mol. The smallest absolute Gasteiger partial charge is 0.304 e. The van der Waals surface area contributed by atoms with Crippen LogP contribution < -0.4 is 5.32 Å². The molecule has 0 saturated carbocycles. The number of hydrogen-bond acceptors (Lipinski definition) is 5. The van der Waals surface area contributed by atoms with Gasteiger partial charge in [-0.25, -0.2) is 0 Å². The number of nitro benzene ring substituents is 1. The lowest BCUT2D eigenvalue weighted by molar-refractivity contribution is -0.387. The van der Waals surface area contributed by atoms with E-state index in [0.717, 1.165) is 12.1 Å². The highest BCUT2D eigenvalue weighted by atomic mass is 19.1. The molecule has 1 rings (SSSR count). The van der Waals surface area contributed by atoms with E-state index in [-0.39, 0.29) is 0 Å². The number of aliphatic hydroxyl groups is 1. The maximum absolute atomic E-state index is 13.4. The van der Waals surface area contributed by atoms with Crippen molar-refractivity contribution in [2.24, 2.45) is 0 Å². The summed E-state index contributed by atoms with van der Waals surface area (Å²) in [7, 11) is 3.72. The highest BCUT2D eigenvalue weighted by Gasteiger charge is 2.20. The van der Waals surface area contributed by atoms with Crippen molar-refractivity contribution in [3.63, 3.8) is 0 Å². The Balaban J connectivity index is 2.54. The summed E-state index contributed by atoms with van der Waals surface area (Å²) < 4.78 is 13.4. The number of hydrogen-bond donors (Lipinski definition) is 2. The fourth-order valence-electron chi connectivity index (χ4n) is 2.02. The average Bonchev–Trinajstić information content (AvgIpc) is 2.26. The largest absolute Gasteiger partial charge is 0.388 e. The summed E-state index contributed by atoms with van der Waals surface area (Å²) in [5.41, 5.74) is -0.842. The van der Waals surface area contributed by atoms with Gasteiger partial charge in [-0.1, -0.05) is 6.07 Å². The van der Waals surface area contributed by atoms with E-state index in [1.165, 1.54) is 6.07 Å². The molecular formula is C13H20FN3O3. The molecule has 0 fully saturated rings. The molecule has 0 aromatic heterocycles. The Kier molecular flexibility index (Phi) is 5.55. The van der Waals surface area contributed by atoms with Crippen molar-refractivity contribution in [3.05, 3.63) is 39.7 Å². The van der Waals surface area contributed by atoms with Crippen LogP contribution in [0.1, 0.15) is 12.5 Å². The molecule has 0 heterocycles. The Morgan fingerprint density at radius 2 is 2.15 bits per heavy atom. The second kappa shape index (κ2) is 6.74. The van der Waals surface area contributed by atoms with E-state index in [4.69, 9.17) is 0 Å². The molecule has 20 heavy (non-hydrogen) atoms. The van der Waals surface area contributed by atoms with E-state index in [0.29, 0.717) is 25.2 Å². The minimum absolute atomic E-state index is 0.332. The molecule has 0 radical (unpaired) electrons. The first-order valence-electron chi connectivity index (χ1n) is 6.22. The van der Waals surface area contributed by atoms with E-state index >= 15 is 0 Å². The lowest BCUT2D eigenvalue weighted by Crippen LogP contribution is -2.45. The van der Waals surface area contributed by atoms with Gasteiger partial charge in [0.1, 0.15) is 0 Å². The van der Waals surface area contributed by atoms with Gasteiger partial charge in [0.05, 0.1) is 10.5 Å². The highest BCUT2D eigenvalue weighted by molar-refractivity contribution is 5.34. The fourth-order valence-corrected chi connectivity index (χ4v) is 2.02. The lowest BCUT2D eigenvalue weighted by Gasteiger charge is -2.27. The van der Waals surface area contributed by atoms with Gasteiger partial charge in [0.25, 0.3) is 0 Å². The van der Waals surface area contributed by atoms with Crippen molar-refractivity contribution in [1.82, 2.24) is 10.2 Å². The quantitative estimate of drug-likeness (QED) is 0.580. The number of likely N-dealkylation sites (N-methyl/N-ethyl adjacent to an activating group) is 1. The Labute approximate surface area is 117 Å². The van der Waals surface area contributed by atoms with Crippen LogP contribution in [0.2, 0.25) is 0 Å². The third-order valence-electron chi connectivity index (χ3n) is 2.70. The van der Waals surface area contributed by atoms with Crippen molar-refractivity contribution >= 4 is 5.69 Å². The summed E-state index contributed by atoms with van der Waals surface area (Å²) in [4.78, 5) is 11.6. The summed E-state index contributed by atoms with van der Waals surface area (Å²) >= 11 is 0. The van der Waals surface area contributed by atoms with Gasteiger partial charge >= 0.3 is 5.69 Å². The Hall–Kier alpha value is -1.57. The third-order valence-corrected chi connectivity index (χ3v) is 2.70. The Bertz CT molecular complexity index is 478. The summed E-state index contributed by atoms with van der Waals surface area (Å²) in [5, 5.41) is 23.6. The molecule has 0 aliphatic carbocycles. The highest BCUT2D eigenvalue weighted by Crippen LogP contribution is 2.17.